The van der Waals surface area contributed by atoms with Gasteiger partial charge in [0.15, 0.2) is 6.10 Å². The fraction of sp³-hybridized carbons (Fsp3) is 0.368. The number of aryl methyl sites for hydroxylation is 2. The van der Waals surface area contributed by atoms with Crippen LogP contribution in [0.15, 0.2) is 24.3 Å². The van der Waals surface area contributed by atoms with Crippen LogP contribution >= 0.6 is 22.9 Å². The number of rotatable bonds is 5. The first-order chi connectivity index (χ1) is 12.5. The van der Waals surface area contributed by atoms with Gasteiger partial charge in [-0.2, -0.15) is 0 Å². The van der Waals surface area contributed by atoms with Gasteiger partial charge in [-0.25, -0.2) is 4.79 Å². The number of carbonyl (C=O) groups excluding carboxylic acids is 2. The van der Waals surface area contributed by atoms with Gasteiger partial charge in [0.25, 0.3) is 5.91 Å². The Kier molecular flexibility index (Phi) is 5.84. The van der Waals surface area contributed by atoms with E-state index in [0.717, 1.165) is 25.7 Å². The first kappa shape index (κ1) is 18.7. The Hall–Kier alpha value is -2.05. The lowest BCUT2D eigenvalue weighted by molar-refractivity contribution is -0.123. The molecule has 1 aliphatic carbocycles. The third-order valence-electron chi connectivity index (χ3n) is 4.27. The Morgan fingerprint density at radius 1 is 1.23 bits per heavy atom. The maximum Gasteiger partial charge on any atom is 0.349 e. The molecule has 26 heavy (non-hydrogen) atoms. The van der Waals surface area contributed by atoms with Gasteiger partial charge in [0, 0.05) is 9.90 Å². The normalized spacial score (nSPS) is 14.3. The molecule has 138 valence electrons. The standard InChI is InChI=1S/C19H20ClNO4S/c1-11(18(22)21-14-10-13(20)7-8-15(14)24-2)25-19(23)17-9-12-5-3-4-6-16(12)26-17/h7-11H,3-6H2,1-2H3,(H,21,22)/t11-/m1/s1. The van der Waals surface area contributed by atoms with Crippen LogP contribution in [0.3, 0.4) is 0 Å². The first-order valence-corrected chi connectivity index (χ1v) is 9.64. The zero-order valence-corrected chi connectivity index (χ0v) is 16.2. The highest BCUT2D eigenvalue weighted by Crippen LogP contribution is 2.31. The molecule has 3 rings (SSSR count). The van der Waals surface area contributed by atoms with Crippen molar-refractivity contribution in [3.05, 3.63) is 44.6 Å². The smallest absolute Gasteiger partial charge is 0.349 e. The second kappa shape index (κ2) is 8.10. The van der Waals surface area contributed by atoms with Crippen LogP contribution in [0.4, 0.5) is 5.69 Å². The third kappa shape index (κ3) is 4.19. The largest absolute Gasteiger partial charge is 0.495 e. The topological polar surface area (TPSA) is 64.6 Å². The molecule has 0 saturated heterocycles. The van der Waals surface area contributed by atoms with Crippen molar-refractivity contribution in [2.75, 3.05) is 12.4 Å². The van der Waals surface area contributed by atoms with E-state index in [2.05, 4.69) is 5.32 Å². The Balaban J connectivity index is 1.64. The quantitative estimate of drug-likeness (QED) is 0.761. The van der Waals surface area contributed by atoms with Gasteiger partial charge in [-0.1, -0.05) is 11.6 Å². The average Bonchev–Trinajstić information content (AvgIpc) is 3.06. The van der Waals surface area contributed by atoms with Gasteiger partial charge in [0.1, 0.15) is 10.6 Å². The second-order valence-corrected chi connectivity index (χ2v) is 7.72. The van der Waals surface area contributed by atoms with E-state index in [1.807, 2.05) is 6.07 Å². The van der Waals surface area contributed by atoms with E-state index < -0.39 is 18.0 Å². The van der Waals surface area contributed by atoms with E-state index >= 15 is 0 Å². The van der Waals surface area contributed by atoms with Crippen molar-refractivity contribution in [2.24, 2.45) is 0 Å². The number of fused-ring (bicyclic) bond motifs is 1. The molecule has 0 fully saturated rings. The highest BCUT2D eigenvalue weighted by Gasteiger charge is 2.23. The maximum absolute atomic E-state index is 12.4. The minimum absolute atomic E-state index is 0.430. The van der Waals surface area contributed by atoms with Crippen LogP contribution in [-0.4, -0.2) is 25.1 Å². The number of methoxy groups -OCH3 is 1. The molecule has 0 saturated carbocycles. The number of carbonyl (C=O) groups is 2. The summed E-state index contributed by atoms with van der Waals surface area (Å²) < 4.78 is 10.5. The Morgan fingerprint density at radius 3 is 2.73 bits per heavy atom. The number of thiophene rings is 1. The fourth-order valence-electron chi connectivity index (χ4n) is 2.88. The van der Waals surface area contributed by atoms with Crippen LogP contribution in [0.1, 0.15) is 39.9 Å². The summed E-state index contributed by atoms with van der Waals surface area (Å²) >= 11 is 7.43. The van der Waals surface area contributed by atoms with Crippen molar-refractivity contribution >= 4 is 40.5 Å². The average molecular weight is 394 g/mol. The van der Waals surface area contributed by atoms with E-state index in [0.29, 0.717) is 21.3 Å². The molecule has 1 aromatic carbocycles. The summed E-state index contributed by atoms with van der Waals surface area (Å²) in [5, 5.41) is 3.15. The van der Waals surface area contributed by atoms with Gasteiger partial charge in [0.05, 0.1) is 12.8 Å². The van der Waals surface area contributed by atoms with Gasteiger partial charge in [-0.3, -0.25) is 4.79 Å². The molecule has 5 nitrogen and oxygen atoms in total. The van der Waals surface area contributed by atoms with Gasteiger partial charge >= 0.3 is 5.97 Å². The summed E-state index contributed by atoms with van der Waals surface area (Å²) in [6.07, 6.45) is 3.38. The van der Waals surface area contributed by atoms with E-state index in [9.17, 15) is 9.59 Å². The zero-order chi connectivity index (χ0) is 18.7. The number of hydrogen-bond donors (Lipinski definition) is 1. The number of halogens is 1. The minimum Gasteiger partial charge on any atom is -0.495 e. The van der Waals surface area contributed by atoms with Crippen molar-refractivity contribution < 1.29 is 19.1 Å². The number of anilines is 1. The molecule has 1 amide bonds. The van der Waals surface area contributed by atoms with E-state index in [-0.39, 0.29) is 0 Å². The van der Waals surface area contributed by atoms with E-state index in [4.69, 9.17) is 21.1 Å². The van der Waals surface area contributed by atoms with Crippen LogP contribution in [0.25, 0.3) is 0 Å². The Morgan fingerprint density at radius 2 is 2.00 bits per heavy atom. The van der Waals surface area contributed by atoms with Crippen molar-refractivity contribution in [1.82, 2.24) is 0 Å². The molecule has 1 N–H and O–H groups in total. The molecular formula is C19H20ClNO4S. The molecule has 7 heteroatoms. The lowest BCUT2D eigenvalue weighted by Gasteiger charge is -2.15. The Labute approximate surface area is 161 Å². The lowest BCUT2D eigenvalue weighted by atomic mass is 9.99. The minimum atomic E-state index is -0.940. The molecule has 0 bridgehead atoms. The molecular weight excluding hydrogens is 374 g/mol. The van der Waals surface area contributed by atoms with E-state index in [1.54, 1.807) is 18.2 Å². The highest BCUT2D eigenvalue weighted by atomic mass is 35.5. The zero-order valence-electron chi connectivity index (χ0n) is 14.6. The third-order valence-corrected chi connectivity index (χ3v) is 5.72. The van der Waals surface area contributed by atoms with Crippen molar-refractivity contribution in [3.8, 4) is 5.75 Å². The number of nitrogens with one attached hydrogen (secondary N) is 1. The van der Waals surface area contributed by atoms with Crippen LogP contribution < -0.4 is 10.1 Å². The molecule has 0 spiro atoms. The van der Waals surface area contributed by atoms with E-state index in [1.165, 1.54) is 35.8 Å². The van der Waals surface area contributed by atoms with Crippen LogP contribution in [-0.2, 0) is 22.4 Å². The maximum atomic E-state index is 12.4. The van der Waals surface area contributed by atoms with Crippen LogP contribution in [0.2, 0.25) is 5.02 Å². The Bertz CT molecular complexity index is 809. The van der Waals surface area contributed by atoms with Crippen molar-refractivity contribution in [1.29, 1.82) is 0 Å². The van der Waals surface area contributed by atoms with Gasteiger partial charge in [-0.15, -0.1) is 11.3 Å². The first-order valence-electron chi connectivity index (χ1n) is 8.45. The SMILES string of the molecule is COc1ccc(Cl)cc1NC(=O)[C@@H](C)OC(=O)c1cc2c(s1)CCCC2. The van der Waals surface area contributed by atoms with Gasteiger partial charge < -0.3 is 14.8 Å². The number of benzene rings is 1. The predicted molar refractivity (Wildman–Crippen MR) is 102 cm³/mol. The van der Waals surface area contributed by atoms with Gasteiger partial charge in [0.2, 0.25) is 0 Å². The summed E-state index contributed by atoms with van der Waals surface area (Å²) in [6.45, 7) is 1.54. The number of amides is 1. The second-order valence-electron chi connectivity index (χ2n) is 6.15. The molecule has 2 aromatic rings. The van der Waals surface area contributed by atoms with Crippen LogP contribution in [0.5, 0.6) is 5.75 Å². The fourth-order valence-corrected chi connectivity index (χ4v) is 4.18. The molecule has 0 radical (unpaired) electrons. The molecule has 1 atom stereocenters. The predicted octanol–water partition coefficient (Wildman–Crippen LogP) is 4.47. The summed E-state index contributed by atoms with van der Waals surface area (Å²) in [6, 6.07) is 6.80. The number of esters is 1. The van der Waals surface area contributed by atoms with Gasteiger partial charge in [-0.05, 0) is 62.4 Å². The summed E-state index contributed by atoms with van der Waals surface area (Å²) in [5.41, 5.74) is 1.66. The monoisotopic (exact) mass is 393 g/mol. The van der Waals surface area contributed by atoms with Crippen molar-refractivity contribution in [2.45, 2.75) is 38.7 Å². The van der Waals surface area contributed by atoms with Crippen molar-refractivity contribution in [3.63, 3.8) is 0 Å². The van der Waals surface area contributed by atoms with Crippen LogP contribution in [0, 0.1) is 0 Å². The highest BCUT2D eigenvalue weighted by molar-refractivity contribution is 7.14. The molecule has 1 aromatic heterocycles. The number of hydrogen-bond acceptors (Lipinski definition) is 5. The number of ether oxygens (including phenoxy) is 2. The molecule has 0 aliphatic heterocycles. The summed E-state index contributed by atoms with van der Waals surface area (Å²) in [7, 11) is 1.50. The molecule has 0 unspecified atom stereocenters. The molecule has 1 heterocycles. The lowest BCUT2D eigenvalue weighted by Crippen LogP contribution is -2.30. The molecule has 1 aliphatic rings. The summed E-state index contributed by atoms with van der Waals surface area (Å²) in [5.74, 6) is -0.433. The summed E-state index contributed by atoms with van der Waals surface area (Å²) in [4.78, 5) is 26.5.